The molecule has 0 aliphatic heterocycles. The van der Waals surface area contributed by atoms with Crippen LogP contribution in [0.4, 0.5) is 0 Å². The zero-order valence-corrected chi connectivity index (χ0v) is 26.6. The average molecular weight is 595 g/mol. The molecule has 0 amide bonds. The van der Waals surface area contributed by atoms with Gasteiger partial charge in [-0.05, 0) is 87.4 Å². The molecule has 0 aliphatic rings. The predicted molar refractivity (Wildman–Crippen MR) is 180 cm³/mol. The first-order valence-electron chi connectivity index (χ1n) is 13.4. The number of benzene rings is 5. The summed E-state index contributed by atoms with van der Waals surface area (Å²) in [5.74, 6) is 0. The van der Waals surface area contributed by atoms with Gasteiger partial charge < -0.3 is 0 Å². The molecule has 0 spiro atoms. The number of aryl methyl sites for hydroxylation is 4. The smallest absolute Gasteiger partial charge is 0.0845 e. The topological polar surface area (TPSA) is 0 Å². The molecular formula is C36H34S4. The molecular weight excluding hydrogens is 561 g/mol. The molecule has 5 rings (SSSR count). The Morgan fingerprint density at radius 2 is 0.500 bits per heavy atom. The van der Waals surface area contributed by atoms with Gasteiger partial charge in [0.1, 0.15) is 0 Å². The van der Waals surface area contributed by atoms with E-state index in [1.807, 2.05) is 47.0 Å². The first-order valence-corrected chi connectivity index (χ1v) is 17.0. The Balaban J connectivity index is 1.42. The van der Waals surface area contributed by atoms with Crippen molar-refractivity contribution in [1.82, 2.24) is 0 Å². The molecule has 40 heavy (non-hydrogen) atoms. The molecule has 0 aromatic heterocycles. The molecule has 0 unspecified atom stereocenters. The van der Waals surface area contributed by atoms with E-state index in [0.717, 1.165) is 0 Å². The molecule has 5 aromatic carbocycles. The van der Waals surface area contributed by atoms with E-state index >= 15 is 0 Å². The largest absolute Gasteiger partial charge is 0.107 e. The lowest BCUT2D eigenvalue weighted by Crippen LogP contribution is -1.94. The summed E-state index contributed by atoms with van der Waals surface area (Å²) in [5.41, 5.74) is 7.83. The van der Waals surface area contributed by atoms with Crippen molar-refractivity contribution in [2.45, 2.75) is 56.4 Å². The summed E-state index contributed by atoms with van der Waals surface area (Å²) in [6.45, 7) is 8.58. The van der Waals surface area contributed by atoms with Crippen LogP contribution in [0.1, 0.15) is 42.5 Å². The molecule has 202 valence electrons. The molecule has 0 saturated heterocycles. The molecule has 0 nitrogen and oxygen atoms in total. The normalized spacial score (nSPS) is 11.3. The highest BCUT2D eigenvalue weighted by atomic mass is 32.2. The van der Waals surface area contributed by atoms with E-state index in [2.05, 4.69) is 149 Å². The summed E-state index contributed by atoms with van der Waals surface area (Å²) >= 11 is 7.70. The lowest BCUT2D eigenvalue weighted by molar-refractivity contribution is 1.27. The van der Waals surface area contributed by atoms with E-state index in [0.29, 0.717) is 0 Å². The van der Waals surface area contributed by atoms with Crippen LogP contribution in [-0.4, -0.2) is 0 Å². The number of rotatable bonds is 10. The molecule has 4 heteroatoms. The molecule has 0 heterocycles. The van der Waals surface area contributed by atoms with Crippen LogP contribution in [0.15, 0.2) is 141 Å². The Labute approximate surface area is 256 Å². The Bertz CT molecular complexity index is 1280. The maximum absolute atomic E-state index is 2.33. The van der Waals surface area contributed by atoms with Crippen molar-refractivity contribution in [3.05, 3.63) is 155 Å². The van der Waals surface area contributed by atoms with Crippen molar-refractivity contribution in [3.8, 4) is 0 Å². The van der Waals surface area contributed by atoms with Crippen molar-refractivity contribution in [2.24, 2.45) is 0 Å². The fourth-order valence-corrected chi connectivity index (χ4v) is 9.15. The highest BCUT2D eigenvalue weighted by Crippen LogP contribution is 2.50. The highest BCUT2D eigenvalue weighted by Gasteiger charge is 2.19. The van der Waals surface area contributed by atoms with E-state index in [1.165, 1.54) is 53.0 Å². The summed E-state index contributed by atoms with van der Waals surface area (Å²) in [6.07, 6.45) is 0. The third kappa shape index (κ3) is 8.27. The van der Waals surface area contributed by atoms with Gasteiger partial charge in [0, 0.05) is 19.6 Å². The summed E-state index contributed by atoms with van der Waals surface area (Å²) in [5, 5.41) is 0. The van der Waals surface area contributed by atoms with Crippen molar-refractivity contribution in [2.75, 3.05) is 0 Å². The van der Waals surface area contributed by atoms with Crippen LogP contribution in [0.3, 0.4) is 0 Å². The minimum atomic E-state index is 0.257. The lowest BCUT2D eigenvalue weighted by Gasteiger charge is -2.20. The van der Waals surface area contributed by atoms with Gasteiger partial charge in [-0.25, -0.2) is 0 Å². The van der Waals surface area contributed by atoms with Crippen LogP contribution in [0, 0.1) is 27.7 Å². The zero-order valence-electron chi connectivity index (χ0n) is 23.3. The van der Waals surface area contributed by atoms with E-state index in [4.69, 9.17) is 0 Å². The second kappa shape index (κ2) is 13.9. The van der Waals surface area contributed by atoms with Gasteiger partial charge in [0.25, 0.3) is 0 Å². The number of thioether (sulfide) groups is 4. The first kappa shape index (κ1) is 29.0. The van der Waals surface area contributed by atoms with Crippen molar-refractivity contribution in [1.29, 1.82) is 0 Å². The van der Waals surface area contributed by atoms with Crippen LogP contribution in [0.2, 0.25) is 0 Å². The van der Waals surface area contributed by atoms with E-state index < -0.39 is 0 Å². The SMILES string of the molecule is Cc1ccc(SC(Sc2ccc(C)cc2)c2ccc(C(Sc3ccc(C)cc3)Sc3ccc(C)cc3)cc2)cc1. The standard InChI is InChI=1S/C36H34S4/c1-25-5-17-31(18-6-25)37-35(38-32-19-7-26(2)8-20-32)29-13-15-30(16-14-29)36(39-33-21-9-27(3)10-22-33)40-34-23-11-28(4)12-24-34/h5-24,35-36H,1-4H3. The quantitative estimate of drug-likeness (QED) is 0.116. The Hall–Kier alpha value is -2.50. The molecule has 0 saturated carbocycles. The van der Waals surface area contributed by atoms with Crippen LogP contribution in [-0.2, 0) is 0 Å². The van der Waals surface area contributed by atoms with Crippen LogP contribution in [0.5, 0.6) is 0 Å². The van der Waals surface area contributed by atoms with Gasteiger partial charge in [0.15, 0.2) is 0 Å². The zero-order chi connectivity index (χ0) is 27.9. The lowest BCUT2D eigenvalue weighted by atomic mass is 10.2. The van der Waals surface area contributed by atoms with Gasteiger partial charge in [-0.1, -0.05) is 95.1 Å². The second-order valence-corrected chi connectivity index (χ2v) is 15.4. The summed E-state index contributed by atoms with van der Waals surface area (Å²) in [4.78, 5) is 5.17. The van der Waals surface area contributed by atoms with Gasteiger partial charge in [0.2, 0.25) is 0 Å². The van der Waals surface area contributed by atoms with Gasteiger partial charge >= 0.3 is 0 Å². The Morgan fingerprint density at radius 3 is 0.700 bits per heavy atom. The molecule has 5 aromatic rings. The fourth-order valence-electron chi connectivity index (χ4n) is 4.09. The van der Waals surface area contributed by atoms with Crippen LogP contribution < -0.4 is 0 Å². The minimum Gasteiger partial charge on any atom is -0.107 e. The minimum absolute atomic E-state index is 0.257. The van der Waals surface area contributed by atoms with E-state index in [1.54, 1.807) is 0 Å². The van der Waals surface area contributed by atoms with Crippen molar-refractivity contribution >= 4 is 47.0 Å². The molecule has 0 aliphatic carbocycles. The third-order valence-electron chi connectivity index (χ3n) is 6.54. The fraction of sp³-hybridized carbons (Fsp3) is 0.167. The maximum atomic E-state index is 2.33. The van der Waals surface area contributed by atoms with Crippen molar-refractivity contribution < 1.29 is 0 Å². The summed E-state index contributed by atoms with van der Waals surface area (Å²) in [6, 6.07) is 44.9. The highest BCUT2D eigenvalue weighted by molar-refractivity contribution is 8.16. The Morgan fingerprint density at radius 1 is 0.300 bits per heavy atom. The average Bonchev–Trinajstić information content (AvgIpc) is 2.97. The van der Waals surface area contributed by atoms with Gasteiger partial charge in [0.05, 0.1) is 9.16 Å². The van der Waals surface area contributed by atoms with E-state index in [-0.39, 0.29) is 9.16 Å². The second-order valence-electron chi connectivity index (χ2n) is 10.1. The maximum Gasteiger partial charge on any atom is 0.0845 e. The van der Waals surface area contributed by atoms with Gasteiger partial charge in [-0.3, -0.25) is 0 Å². The molecule has 0 atom stereocenters. The number of hydrogen-bond donors (Lipinski definition) is 0. The first-order chi connectivity index (χ1) is 19.4. The molecule has 0 bridgehead atoms. The Kier molecular flexibility index (Phi) is 10.1. The molecule has 0 N–H and O–H groups in total. The molecule has 0 fully saturated rings. The van der Waals surface area contributed by atoms with Crippen LogP contribution >= 0.6 is 47.0 Å². The predicted octanol–water partition coefficient (Wildman–Crippen LogP) is 12.1. The third-order valence-corrected chi connectivity index (χ3v) is 11.8. The number of hydrogen-bond acceptors (Lipinski definition) is 4. The van der Waals surface area contributed by atoms with Gasteiger partial charge in [-0.2, -0.15) is 0 Å². The van der Waals surface area contributed by atoms with Crippen molar-refractivity contribution in [3.63, 3.8) is 0 Å². The monoisotopic (exact) mass is 594 g/mol. The summed E-state index contributed by atoms with van der Waals surface area (Å²) in [7, 11) is 0. The van der Waals surface area contributed by atoms with Gasteiger partial charge in [-0.15, -0.1) is 47.0 Å². The summed E-state index contributed by atoms with van der Waals surface area (Å²) < 4.78 is 0.514. The molecule has 0 radical (unpaired) electrons. The van der Waals surface area contributed by atoms with E-state index in [9.17, 15) is 0 Å². The van der Waals surface area contributed by atoms with Crippen LogP contribution in [0.25, 0.3) is 0 Å².